The number of benzene rings is 3. The van der Waals surface area contributed by atoms with E-state index in [-0.39, 0.29) is 5.56 Å². The van der Waals surface area contributed by atoms with E-state index in [9.17, 15) is 4.79 Å². The molecule has 0 fully saturated rings. The SMILES string of the molecule is COc1ccc(CN(Cc2cccnc2)[C@@H](c2cc3c(C)cc(C)cc3[nH]c2=O)c2nnnn2CCc2ccccc2)cc1. The number of pyridine rings is 2. The second-order valence-corrected chi connectivity index (χ2v) is 11.1. The van der Waals surface area contributed by atoms with Crippen LogP contribution >= 0.6 is 0 Å². The Hall–Kier alpha value is -5.15. The molecule has 0 unspecified atom stereocenters. The van der Waals surface area contributed by atoms with Crippen LogP contribution in [0, 0.1) is 13.8 Å². The van der Waals surface area contributed by atoms with Crippen molar-refractivity contribution in [1.82, 2.24) is 35.1 Å². The molecule has 0 saturated heterocycles. The van der Waals surface area contributed by atoms with Crippen molar-refractivity contribution in [2.24, 2.45) is 0 Å². The lowest BCUT2D eigenvalue weighted by atomic mass is 9.99. The normalized spacial score (nSPS) is 12.1. The first-order valence-corrected chi connectivity index (χ1v) is 14.7. The summed E-state index contributed by atoms with van der Waals surface area (Å²) in [5, 5.41) is 14.1. The Labute approximate surface area is 256 Å². The van der Waals surface area contributed by atoms with Crippen LogP contribution in [0.25, 0.3) is 10.9 Å². The molecule has 0 aliphatic heterocycles. The number of H-pyrrole nitrogens is 1. The number of aryl methyl sites for hydroxylation is 4. The summed E-state index contributed by atoms with van der Waals surface area (Å²) in [5.74, 6) is 1.39. The summed E-state index contributed by atoms with van der Waals surface area (Å²) >= 11 is 0. The third-order valence-corrected chi connectivity index (χ3v) is 7.91. The summed E-state index contributed by atoms with van der Waals surface area (Å²) in [5.41, 5.74) is 6.67. The lowest BCUT2D eigenvalue weighted by Gasteiger charge is -2.31. The predicted octanol–water partition coefficient (Wildman–Crippen LogP) is 5.57. The summed E-state index contributed by atoms with van der Waals surface area (Å²) < 4.78 is 7.23. The van der Waals surface area contributed by atoms with E-state index < -0.39 is 6.04 Å². The smallest absolute Gasteiger partial charge is 0.253 e. The Bertz CT molecular complexity index is 1900. The fourth-order valence-corrected chi connectivity index (χ4v) is 5.77. The number of hydrogen-bond donors (Lipinski definition) is 1. The molecule has 0 amide bonds. The zero-order valence-electron chi connectivity index (χ0n) is 25.1. The van der Waals surface area contributed by atoms with Crippen molar-refractivity contribution in [3.8, 4) is 5.75 Å². The molecule has 0 bridgehead atoms. The summed E-state index contributed by atoms with van der Waals surface area (Å²) in [6.45, 7) is 5.71. The summed E-state index contributed by atoms with van der Waals surface area (Å²) in [6.07, 6.45) is 4.37. The van der Waals surface area contributed by atoms with E-state index in [1.807, 2.05) is 84.5 Å². The average molecular weight is 586 g/mol. The largest absolute Gasteiger partial charge is 0.497 e. The highest BCUT2D eigenvalue weighted by Gasteiger charge is 2.31. The fourth-order valence-electron chi connectivity index (χ4n) is 5.77. The van der Waals surface area contributed by atoms with Gasteiger partial charge in [0.15, 0.2) is 5.82 Å². The number of tetrazole rings is 1. The maximum absolute atomic E-state index is 14.0. The van der Waals surface area contributed by atoms with Gasteiger partial charge in [0, 0.05) is 48.5 Å². The minimum Gasteiger partial charge on any atom is -0.497 e. The molecule has 9 heteroatoms. The Morgan fingerprint density at radius 2 is 1.68 bits per heavy atom. The van der Waals surface area contributed by atoms with E-state index in [4.69, 9.17) is 4.74 Å². The van der Waals surface area contributed by atoms with Crippen molar-refractivity contribution in [3.05, 3.63) is 147 Å². The summed E-state index contributed by atoms with van der Waals surface area (Å²) in [6, 6.07) is 27.8. The monoisotopic (exact) mass is 585 g/mol. The highest BCUT2D eigenvalue weighted by molar-refractivity contribution is 5.83. The van der Waals surface area contributed by atoms with Crippen LogP contribution in [-0.4, -0.2) is 42.2 Å². The average Bonchev–Trinajstić information content (AvgIpc) is 3.50. The first-order valence-electron chi connectivity index (χ1n) is 14.7. The summed E-state index contributed by atoms with van der Waals surface area (Å²) in [7, 11) is 1.66. The third-order valence-electron chi connectivity index (χ3n) is 7.91. The number of aromatic nitrogens is 6. The molecule has 3 aromatic heterocycles. The van der Waals surface area contributed by atoms with Crippen LogP contribution in [0.1, 0.15) is 45.2 Å². The molecule has 9 nitrogen and oxygen atoms in total. The van der Waals surface area contributed by atoms with Crippen LogP contribution < -0.4 is 10.3 Å². The van der Waals surface area contributed by atoms with Gasteiger partial charge in [-0.1, -0.05) is 54.6 Å². The van der Waals surface area contributed by atoms with E-state index in [1.54, 1.807) is 13.3 Å². The highest BCUT2D eigenvalue weighted by atomic mass is 16.5. The van der Waals surface area contributed by atoms with E-state index >= 15 is 0 Å². The van der Waals surface area contributed by atoms with Crippen LogP contribution in [0.5, 0.6) is 5.75 Å². The van der Waals surface area contributed by atoms with Gasteiger partial charge in [0.1, 0.15) is 11.8 Å². The van der Waals surface area contributed by atoms with E-state index in [0.29, 0.717) is 31.0 Å². The van der Waals surface area contributed by atoms with Gasteiger partial charge in [-0.15, -0.1) is 5.10 Å². The Kier molecular flexibility index (Phi) is 8.56. The van der Waals surface area contributed by atoms with Gasteiger partial charge in [-0.3, -0.25) is 14.7 Å². The van der Waals surface area contributed by atoms with Gasteiger partial charge in [-0.25, -0.2) is 4.68 Å². The van der Waals surface area contributed by atoms with Gasteiger partial charge in [0.25, 0.3) is 5.56 Å². The van der Waals surface area contributed by atoms with Crippen LogP contribution in [0.15, 0.2) is 102 Å². The van der Waals surface area contributed by atoms with Crippen LogP contribution in [0.2, 0.25) is 0 Å². The van der Waals surface area contributed by atoms with Crippen molar-refractivity contribution >= 4 is 10.9 Å². The van der Waals surface area contributed by atoms with E-state index in [0.717, 1.165) is 45.3 Å². The van der Waals surface area contributed by atoms with Gasteiger partial charge >= 0.3 is 0 Å². The minimum absolute atomic E-state index is 0.170. The quantitative estimate of drug-likeness (QED) is 0.212. The Morgan fingerprint density at radius 1 is 0.909 bits per heavy atom. The first kappa shape index (κ1) is 28.9. The van der Waals surface area contributed by atoms with Gasteiger partial charge in [-0.2, -0.15) is 0 Å². The molecule has 44 heavy (non-hydrogen) atoms. The number of nitrogens with one attached hydrogen (secondary N) is 1. The van der Waals surface area contributed by atoms with Crippen LogP contribution in [0.3, 0.4) is 0 Å². The lowest BCUT2D eigenvalue weighted by molar-refractivity contribution is 0.193. The van der Waals surface area contributed by atoms with Crippen LogP contribution in [-0.2, 0) is 26.1 Å². The second kappa shape index (κ2) is 13.0. The second-order valence-electron chi connectivity index (χ2n) is 11.1. The number of ether oxygens (including phenoxy) is 1. The minimum atomic E-state index is -0.558. The molecule has 3 aromatic carbocycles. The Balaban J connectivity index is 1.50. The molecular weight excluding hydrogens is 550 g/mol. The number of hydrogen-bond acceptors (Lipinski definition) is 7. The molecule has 0 radical (unpaired) electrons. The van der Waals surface area contributed by atoms with Gasteiger partial charge in [0.05, 0.1) is 7.11 Å². The molecule has 6 aromatic rings. The first-order chi connectivity index (χ1) is 21.5. The van der Waals surface area contributed by atoms with Crippen molar-refractivity contribution in [2.75, 3.05) is 7.11 Å². The Morgan fingerprint density at radius 3 is 2.43 bits per heavy atom. The standard InChI is InChI=1S/C35H35N7O2/c1-24-18-25(2)30-20-31(35(43)37-32(30)19-24)33(34-38-39-40-42(34)17-15-26-8-5-4-6-9-26)41(23-28-10-7-16-36-21-28)22-27-11-13-29(44-3)14-12-27/h4-14,16,18-21,33H,15,17,22-23H2,1-3H3,(H,37,43)/t33-/m0/s1. The zero-order chi connectivity index (χ0) is 30.5. The molecule has 1 N–H and O–H groups in total. The fraction of sp³-hybridized carbons (Fsp3) is 0.229. The number of fused-ring (bicyclic) bond motifs is 1. The third kappa shape index (κ3) is 6.43. The molecule has 222 valence electrons. The maximum Gasteiger partial charge on any atom is 0.253 e. The van der Waals surface area contributed by atoms with E-state index in [1.165, 1.54) is 5.56 Å². The zero-order valence-corrected chi connectivity index (χ0v) is 25.1. The van der Waals surface area contributed by atoms with E-state index in [2.05, 4.69) is 55.5 Å². The topological polar surface area (TPSA) is 102 Å². The lowest BCUT2D eigenvalue weighted by Crippen LogP contribution is -2.35. The molecule has 6 rings (SSSR count). The van der Waals surface area contributed by atoms with Gasteiger partial charge in [-0.05, 0) is 88.8 Å². The maximum atomic E-state index is 14.0. The van der Waals surface area contributed by atoms with Crippen molar-refractivity contribution in [3.63, 3.8) is 0 Å². The number of rotatable bonds is 11. The predicted molar refractivity (Wildman–Crippen MR) is 170 cm³/mol. The van der Waals surface area contributed by atoms with Gasteiger partial charge < -0.3 is 9.72 Å². The number of nitrogens with zero attached hydrogens (tertiary/aromatic N) is 6. The molecule has 3 heterocycles. The van der Waals surface area contributed by atoms with Crippen LogP contribution in [0.4, 0.5) is 0 Å². The number of aromatic amines is 1. The van der Waals surface area contributed by atoms with Gasteiger partial charge in [0.2, 0.25) is 0 Å². The molecule has 1 atom stereocenters. The van der Waals surface area contributed by atoms with Crippen molar-refractivity contribution < 1.29 is 4.74 Å². The molecule has 0 spiro atoms. The molecule has 0 saturated carbocycles. The summed E-state index contributed by atoms with van der Waals surface area (Å²) in [4.78, 5) is 23.8. The highest BCUT2D eigenvalue weighted by Crippen LogP contribution is 2.31. The number of methoxy groups -OCH3 is 1. The van der Waals surface area contributed by atoms with Crippen molar-refractivity contribution in [1.29, 1.82) is 0 Å². The van der Waals surface area contributed by atoms with Crippen molar-refractivity contribution in [2.45, 2.75) is 45.9 Å². The molecular formula is C35H35N7O2. The molecule has 0 aliphatic rings. The molecule has 0 aliphatic carbocycles.